The Labute approximate surface area is 251 Å². The third-order valence-electron chi connectivity index (χ3n) is 7.34. The first-order valence-corrected chi connectivity index (χ1v) is 13.3. The molecule has 0 aliphatic heterocycles. The van der Waals surface area contributed by atoms with Gasteiger partial charge < -0.3 is 38.6 Å². The molecule has 206 valence electrons. The first-order valence-electron chi connectivity index (χ1n) is 13.3. The van der Waals surface area contributed by atoms with Gasteiger partial charge in [-0.1, -0.05) is 24.3 Å². The van der Waals surface area contributed by atoms with Crippen molar-refractivity contribution in [3.8, 4) is 0 Å². The van der Waals surface area contributed by atoms with Gasteiger partial charge in [0.1, 0.15) is 18.4 Å². The van der Waals surface area contributed by atoms with Crippen molar-refractivity contribution in [3.63, 3.8) is 0 Å². The summed E-state index contributed by atoms with van der Waals surface area (Å²) >= 11 is 0. The highest BCUT2D eigenvalue weighted by molar-refractivity contribution is 5.84. The Morgan fingerprint density at radius 1 is 0.950 bits per heavy atom. The lowest BCUT2D eigenvalue weighted by molar-refractivity contribution is -0.646. The standard InChI is InChI=1S/C33H32FN3O2.HI/c1-5-37(6-2)28-16-12-24-17-25(33(38)39-32(24)19-28)13-15-27-14-11-23-18-29(34)30(20-31(23)36(27)4)35-21-26-10-8-7-9-22(26)3;/h7-20H,5-6,21H2,1-4H3;1H/b15-13+;. The molecule has 0 saturated carbocycles. The van der Waals surface area contributed by atoms with Gasteiger partial charge in [0.05, 0.1) is 11.3 Å². The van der Waals surface area contributed by atoms with Crippen molar-refractivity contribution < 1.29 is 37.4 Å². The van der Waals surface area contributed by atoms with Crippen LogP contribution in [0.5, 0.6) is 0 Å². The van der Waals surface area contributed by atoms with Crippen LogP contribution in [0.2, 0.25) is 0 Å². The van der Waals surface area contributed by atoms with Crippen molar-refractivity contribution >= 4 is 45.4 Å². The predicted molar refractivity (Wildman–Crippen MR) is 159 cm³/mol. The molecule has 7 heteroatoms. The lowest BCUT2D eigenvalue weighted by Crippen LogP contribution is -3.00. The molecule has 0 bridgehead atoms. The zero-order valence-electron chi connectivity index (χ0n) is 23.2. The highest BCUT2D eigenvalue weighted by Gasteiger charge is 2.15. The predicted octanol–water partition coefficient (Wildman–Crippen LogP) is 3.85. The van der Waals surface area contributed by atoms with Crippen LogP contribution in [-0.4, -0.2) is 13.1 Å². The summed E-state index contributed by atoms with van der Waals surface area (Å²) in [5, 5.41) is 4.91. The molecule has 5 nitrogen and oxygen atoms in total. The van der Waals surface area contributed by atoms with Crippen molar-refractivity contribution in [2.45, 2.75) is 27.3 Å². The van der Waals surface area contributed by atoms with Crippen molar-refractivity contribution in [3.05, 3.63) is 111 Å². The highest BCUT2D eigenvalue weighted by Crippen LogP contribution is 2.24. The number of nitrogens with zero attached hydrogens (tertiary/aromatic N) is 2. The maximum atomic E-state index is 14.9. The Balaban J connectivity index is 0.00000370. The number of nitrogens with one attached hydrogen (secondary N) is 1. The number of hydrogen-bond acceptors (Lipinski definition) is 4. The van der Waals surface area contributed by atoms with E-state index in [9.17, 15) is 9.18 Å². The quantitative estimate of drug-likeness (QED) is 0.158. The third kappa shape index (κ3) is 6.04. The molecule has 0 amide bonds. The van der Waals surface area contributed by atoms with Crippen LogP contribution < -0.4 is 44.4 Å². The van der Waals surface area contributed by atoms with E-state index in [1.807, 2.05) is 85.3 Å². The Bertz CT molecular complexity index is 1760. The number of hydrogen-bond donors (Lipinski definition) is 1. The minimum absolute atomic E-state index is 0. The molecule has 2 aromatic heterocycles. The minimum atomic E-state index is -0.386. The number of rotatable bonds is 8. The van der Waals surface area contributed by atoms with Crippen molar-refractivity contribution in [2.75, 3.05) is 23.3 Å². The molecular weight excluding hydrogens is 616 g/mol. The molecular formula is C33H33FIN3O2. The summed E-state index contributed by atoms with van der Waals surface area (Å²) in [4.78, 5) is 15.0. The second kappa shape index (κ2) is 12.6. The molecule has 3 aromatic carbocycles. The Morgan fingerprint density at radius 2 is 1.70 bits per heavy atom. The summed E-state index contributed by atoms with van der Waals surface area (Å²) in [6.45, 7) is 8.55. The lowest BCUT2D eigenvalue weighted by Gasteiger charge is -2.20. The van der Waals surface area contributed by atoms with Crippen LogP contribution in [0.15, 0.2) is 82.0 Å². The zero-order chi connectivity index (χ0) is 27.5. The van der Waals surface area contributed by atoms with E-state index < -0.39 is 0 Å². The first-order chi connectivity index (χ1) is 18.9. The average Bonchev–Trinajstić information content (AvgIpc) is 2.93. The summed E-state index contributed by atoms with van der Waals surface area (Å²) in [5.41, 5.74) is 6.17. The van der Waals surface area contributed by atoms with E-state index in [0.717, 1.165) is 51.9 Å². The number of fused-ring (bicyclic) bond motifs is 2. The van der Waals surface area contributed by atoms with Crippen LogP contribution >= 0.6 is 0 Å². The van der Waals surface area contributed by atoms with Gasteiger partial charge in [-0.15, -0.1) is 0 Å². The molecule has 5 rings (SSSR count). The molecule has 0 aliphatic rings. The van der Waals surface area contributed by atoms with E-state index in [-0.39, 0.29) is 35.4 Å². The summed E-state index contributed by atoms with van der Waals surface area (Å²) in [7, 11) is 1.93. The number of aryl methyl sites for hydroxylation is 2. The Hall–Kier alpha value is -3.72. The number of anilines is 2. The molecule has 0 unspecified atom stereocenters. The van der Waals surface area contributed by atoms with Crippen LogP contribution in [0.1, 0.15) is 36.2 Å². The topological polar surface area (TPSA) is 49.4 Å². The number of pyridine rings is 1. The second-order valence-corrected chi connectivity index (χ2v) is 9.71. The summed E-state index contributed by atoms with van der Waals surface area (Å²) in [5.74, 6) is -0.294. The van der Waals surface area contributed by atoms with Gasteiger partial charge in [0.25, 0.3) is 0 Å². The van der Waals surface area contributed by atoms with Gasteiger partial charge >= 0.3 is 5.63 Å². The molecule has 0 aliphatic carbocycles. The van der Waals surface area contributed by atoms with Crippen molar-refractivity contribution in [1.29, 1.82) is 0 Å². The molecule has 0 radical (unpaired) electrons. The van der Waals surface area contributed by atoms with E-state index in [1.54, 1.807) is 12.1 Å². The Kier molecular flexibility index (Phi) is 9.25. The fourth-order valence-corrected chi connectivity index (χ4v) is 4.92. The van der Waals surface area contributed by atoms with E-state index in [0.29, 0.717) is 23.4 Å². The highest BCUT2D eigenvalue weighted by atomic mass is 127. The van der Waals surface area contributed by atoms with Gasteiger partial charge in [0.15, 0.2) is 0 Å². The van der Waals surface area contributed by atoms with Gasteiger partial charge in [-0.25, -0.2) is 9.18 Å². The van der Waals surface area contributed by atoms with Gasteiger partial charge in [-0.2, -0.15) is 4.57 Å². The molecule has 40 heavy (non-hydrogen) atoms. The van der Waals surface area contributed by atoms with Gasteiger partial charge in [0, 0.05) is 60.4 Å². The molecule has 0 spiro atoms. The smallest absolute Gasteiger partial charge is 0.343 e. The van der Waals surface area contributed by atoms with E-state index >= 15 is 0 Å². The van der Waals surface area contributed by atoms with Gasteiger partial charge in [-0.3, -0.25) is 0 Å². The lowest BCUT2D eigenvalue weighted by atomic mass is 10.1. The summed E-state index contributed by atoms with van der Waals surface area (Å²) in [6, 6.07) is 23.1. The maximum Gasteiger partial charge on any atom is 0.343 e. The van der Waals surface area contributed by atoms with Crippen LogP contribution in [0, 0.1) is 12.7 Å². The molecule has 2 heterocycles. The fraction of sp³-hybridized carbons (Fsp3) is 0.212. The normalized spacial score (nSPS) is 11.2. The maximum absolute atomic E-state index is 14.9. The molecule has 5 aromatic rings. The summed E-state index contributed by atoms with van der Waals surface area (Å²) in [6.07, 6.45) is 3.65. The molecule has 0 fully saturated rings. The van der Waals surface area contributed by atoms with E-state index in [4.69, 9.17) is 4.42 Å². The SMILES string of the molecule is CCN(CC)c1ccc2cc(/C=C/c3ccc4cc(F)c(NCc5ccccc5C)cc4[n+]3C)c(=O)oc2c1.[I-]. The van der Waals surface area contributed by atoms with E-state index in [2.05, 4.69) is 30.1 Å². The number of benzene rings is 3. The van der Waals surface area contributed by atoms with Crippen molar-refractivity contribution in [1.82, 2.24) is 0 Å². The largest absolute Gasteiger partial charge is 1.00 e. The minimum Gasteiger partial charge on any atom is -1.00 e. The van der Waals surface area contributed by atoms with Gasteiger partial charge in [0.2, 0.25) is 11.2 Å². The monoisotopic (exact) mass is 649 g/mol. The molecule has 0 atom stereocenters. The second-order valence-electron chi connectivity index (χ2n) is 9.71. The van der Waals surface area contributed by atoms with E-state index in [1.165, 1.54) is 0 Å². The molecule has 0 saturated heterocycles. The average molecular weight is 650 g/mol. The van der Waals surface area contributed by atoms with Crippen LogP contribution in [0.4, 0.5) is 15.8 Å². The van der Waals surface area contributed by atoms with Crippen molar-refractivity contribution in [2.24, 2.45) is 7.05 Å². The summed E-state index contributed by atoms with van der Waals surface area (Å²) < 4.78 is 22.5. The third-order valence-corrected chi connectivity index (χ3v) is 7.34. The fourth-order valence-electron chi connectivity index (χ4n) is 4.92. The number of halogens is 2. The molecule has 1 N–H and O–H groups in total. The number of aromatic nitrogens is 1. The van der Waals surface area contributed by atoms with Crippen LogP contribution in [-0.2, 0) is 13.6 Å². The van der Waals surface area contributed by atoms with Crippen LogP contribution in [0.3, 0.4) is 0 Å². The van der Waals surface area contributed by atoms with Crippen LogP contribution in [0.25, 0.3) is 34.0 Å². The van der Waals surface area contributed by atoms with Gasteiger partial charge in [-0.05, 0) is 68.3 Å². The Morgan fingerprint density at radius 3 is 2.45 bits per heavy atom. The zero-order valence-corrected chi connectivity index (χ0v) is 25.3. The first kappa shape index (κ1) is 29.3.